The van der Waals surface area contributed by atoms with Crippen LogP contribution in [-0.4, -0.2) is 84.2 Å². The molecule has 0 bridgehead atoms. The molecule has 2 heterocycles. The zero-order chi connectivity index (χ0) is 26.3. The number of pyridine rings is 1. The van der Waals surface area contributed by atoms with E-state index in [9.17, 15) is 22.7 Å². The van der Waals surface area contributed by atoms with E-state index in [1.54, 1.807) is 19.1 Å². The largest absolute Gasteiger partial charge is 0.414 e. The average Bonchev–Trinajstić information content (AvgIpc) is 3.06. The number of halogens is 4. The van der Waals surface area contributed by atoms with Crippen LogP contribution in [-0.2, 0) is 0 Å². The van der Waals surface area contributed by atoms with Crippen molar-refractivity contribution in [3.8, 4) is 0 Å². The fraction of sp³-hybridized carbons (Fsp3) is 0.720. The lowest BCUT2D eigenvalue weighted by atomic mass is 9.97. The minimum absolute atomic E-state index is 0.0298. The van der Waals surface area contributed by atoms with Crippen molar-refractivity contribution in [1.82, 2.24) is 14.8 Å². The number of aromatic nitrogens is 1. The number of alkyl halides is 4. The number of hydrogen-bond donors (Lipinski definition) is 2. The molecular formula is C25H43F4N3O2. The Morgan fingerprint density at radius 2 is 1.62 bits per heavy atom. The Morgan fingerprint density at radius 3 is 2.21 bits per heavy atom. The van der Waals surface area contributed by atoms with Crippen LogP contribution in [0.3, 0.4) is 0 Å². The van der Waals surface area contributed by atoms with Crippen molar-refractivity contribution in [2.75, 3.05) is 53.1 Å². The van der Waals surface area contributed by atoms with Crippen LogP contribution in [0.4, 0.5) is 17.6 Å². The number of fused-ring (bicyclic) bond motifs is 1. The normalized spacial score (nSPS) is 17.4. The van der Waals surface area contributed by atoms with E-state index < -0.39 is 17.9 Å². The van der Waals surface area contributed by atoms with Gasteiger partial charge in [0.15, 0.2) is 0 Å². The van der Waals surface area contributed by atoms with Crippen LogP contribution in [0.25, 0.3) is 11.6 Å². The zero-order valence-corrected chi connectivity index (χ0v) is 21.6. The van der Waals surface area contributed by atoms with Gasteiger partial charge in [-0.15, -0.1) is 0 Å². The van der Waals surface area contributed by atoms with Crippen molar-refractivity contribution in [2.45, 2.75) is 66.2 Å². The summed E-state index contributed by atoms with van der Waals surface area (Å²) >= 11 is 0. The fourth-order valence-corrected chi connectivity index (χ4v) is 4.10. The summed E-state index contributed by atoms with van der Waals surface area (Å²) in [7, 11) is 0.500. The SMILES string of the molecule is CC.CC.CF.Cc1cc(C(O)CN2CCCN(CCO)CC2)c2c(n1)=C(C(F)(F)F)CCC=2. The Balaban J connectivity index is 0.00000168. The van der Waals surface area contributed by atoms with Crippen LogP contribution < -0.4 is 10.6 Å². The molecule has 0 aromatic carbocycles. The second kappa shape index (κ2) is 17.0. The zero-order valence-electron chi connectivity index (χ0n) is 21.6. The van der Waals surface area contributed by atoms with Gasteiger partial charge in [0.25, 0.3) is 0 Å². The Hall–Kier alpha value is -1.55. The van der Waals surface area contributed by atoms with E-state index in [-0.39, 0.29) is 18.4 Å². The van der Waals surface area contributed by atoms with Crippen molar-refractivity contribution >= 4 is 11.6 Å². The third kappa shape index (κ3) is 9.60. The molecule has 0 radical (unpaired) electrons. The first kappa shape index (κ1) is 32.5. The summed E-state index contributed by atoms with van der Waals surface area (Å²) in [5, 5.41) is 20.4. The summed E-state index contributed by atoms with van der Waals surface area (Å²) in [6, 6.07) is 1.70. The second-order valence-electron chi connectivity index (χ2n) is 7.57. The van der Waals surface area contributed by atoms with Crippen LogP contribution in [0.5, 0.6) is 0 Å². The highest BCUT2D eigenvalue weighted by Crippen LogP contribution is 2.30. The minimum atomic E-state index is -4.41. The maximum absolute atomic E-state index is 13.4. The van der Waals surface area contributed by atoms with Gasteiger partial charge in [-0.05, 0) is 50.9 Å². The molecule has 1 fully saturated rings. The lowest BCUT2D eigenvalue weighted by Gasteiger charge is -2.25. The van der Waals surface area contributed by atoms with Crippen molar-refractivity contribution < 1.29 is 27.8 Å². The van der Waals surface area contributed by atoms with Gasteiger partial charge in [0.1, 0.15) is 0 Å². The molecular weight excluding hydrogens is 450 g/mol. The molecule has 0 saturated carbocycles. The van der Waals surface area contributed by atoms with Gasteiger partial charge in [0.2, 0.25) is 0 Å². The average molecular weight is 494 g/mol. The van der Waals surface area contributed by atoms with E-state index >= 15 is 0 Å². The van der Waals surface area contributed by atoms with Crippen LogP contribution in [0, 0.1) is 6.92 Å². The molecule has 0 amide bonds. The molecule has 5 nitrogen and oxygen atoms in total. The predicted octanol–water partition coefficient (Wildman–Crippen LogP) is 3.35. The number of aliphatic hydroxyl groups excluding tert-OH is 2. The Bertz CT molecular complexity index is 816. The Morgan fingerprint density at radius 1 is 1.03 bits per heavy atom. The van der Waals surface area contributed by atoms with E-state index in [0.717, 1.165) is 32.6 Å². The highest BCUT2D eigenvalue weighted by atomic mass is 19.4. The van der Waals surface area contributed by atoms with Gasteiger partial charge in [-0.3, -0.25) is 19.2 Å². The summed E-state index contributed by atoms with van der Waals surface area (Å²) in [5.74, 6) is 0. The first-order valence-corrected chi connectivity index (χ1v) is 12.2. The van der Waals surface area contributed by atoms with E-state index in [1.165, 1.54) is 0 Å². The minimum Gasteiger partial charge on any atom is -0.395 e. The van der Waals surface area contributed by atoms with E-state index in [2.05, 4.69) is 14.8 Å². The number of hydrogen-bond acceptors (Lipinski definition) is 5. The highest BCUT2D eigenvalue weighted by Gasteiger charge is 2.35. The Kier molecular flexibility index (Phi) is 16.2. The molecule has 9 heteroatoms. The van der Waals surface area contributed by atoms with Crippen molar-refractivity contribution in [3.63, 3.8) is 0 Å². The van der Waals surface area contributed by atoms with Gasteiger partial charge < -0.3 is 10.2 Å². The lowest BCUT2D eigenvalue weighted by Crippen LogP contribution is -2.42. The van der Waals surface area contributed by atoms with Crippen LogP contribution in [0.15, 0.2) is 6.07 Å². The molecule has 1 unspecified atom stereocenters. The molecule has 1 aromatic heterocycles. The van der Waals surface area contributed by atoms with E-state index in [1.807, 2.05) is 27.7 Å². The Labute approximate surface area is 201 Å². The summed E-state index contributed by atoms with van der Waals surface area (Å²) in [6.45, 7) is 14.1. The van der Waals surface area contributed by atoms with Gasteiger partial charge in [-0.2, -0.15) is 13.2 Å². The lowest BCUT2D eigenvalue weighted by molar-refractivity contribution is -0.0730. The number of rotatable bonds is 5. The molecule has 1 aromatic rings. The predicted molar refractivity (Wildman–Crippen MR) is 131 cm³/mol. The van der Waals surface area contributed by atoms with Gasteiger partial charge >= 0.3 is 6.18 Å². The molecule has 1 aliphatic carbocycles. The van der Waals surface area contributed by atoms with Gasteiger partial charge in [0.05, 0.1) is 30.8 Å². The number of β-amino-alcohol motifs (C(OH)–C–C–N with tert-alkyl or cyclic N) is 2. The van der Waals surface area contributed by atoms with E-state index in [0.29, 0.717) is 43.2 Å². The van der Waals surface area contributed by atoms with Crippen LogP contribution >= 0.6 is 0 Å². The van der Waals surface area contributed by atoms with E-state index in [4.69, 9.17) is 5.11 Å². The molecule has 34 heavy (non-hydrogen) atoms. The van der Waals surface area contributed by atoms with Crippen LogP contribution in [0.1, 0.15) is 64.3 Å². The van der Waals surface area contributed by atoms with Crippen molar-refractivity contribution in [2.24, 2.45) is 0 Å². The van der Waals surface area contributed by atoms with Gasteiger partial charge in [-0.1, -0.05) is 33.8 Å². The number of aryl methyl sites for hydroxylation is 1. The number of aliphatic hydroxyl groups is 2. The molecule has 0 spiro atoms. The monoisotopic (exact) mass is 493 g/mol. The summed E-state index contributed by atoms with van der Waals surface area (Å²) in [5.41, 5.74) is 0.409. The quantitative estimate of drug-likeness (QED) is 0.617. The summed E-state index contributed by atoms with van der Waals surface area (Å²) in [6.07, 6.45) is -2.36. The van der Waals surface area contributed by atoms with Gasteiger partial charge in [-0.25, -0.2) is 0 Å². The smallest absolute Gasteiger partial charge is 0.395 e. The first-order chi connectivity index (χ1) is 16.3. The third-order valence-electron chi connectivity index (χ3n) is 5.48. The van der Waals surface area contributed by atoms with Crippen LogP contribution in [0.2, 0.25) is 0 Å². The standard InChI is InChI=1S/C20H28F3N3O2.2C2H6.CH3F/c1-14-12-16(15-4-2-5-17(19(15)24-14)20(21,22)23)18(28)13-26-7-3-6-25(8-9-26)10-11-27;3*1-2/h4,12,18,27-28H,2-3,5-11,13H2,1H3;2*1-2H3;1H3. The fourth-order valence-electron chi connectivity index (χ4n) is 4.10. The summed E-state index contributed by atoms with van der Waals surface area (Å²) in [4.78, 5) is 8.48. The topological polar surface area (TPSA) is 59.8 Å². The molecule has 1 atom stereocenters. The number of nitrogens with zero attached hydrogens (tertiary/aromatic N) is 3. The highest BCUT2D eigenvalue weighted by molar-refractivity contribution is 5.55. The van der Waals surface area contributed by atoms with Gasteiger partial charge in [0, 0.05) is 37.1 Å². The third-order valence-corrected chi connectivity index (χ3v) is 5.48. The van der Waals surface area contributed by atoms with Crippen molar-refractivity contribution in [1.29, 1.82) is 0 Å². The summed E-state index contributed by atoms with van der Waals surface area (Å²) < 4.78 is 49.8. The molecule has 2 N–H and O–H groups in total. The molecule has 198 valence electrons. The molecule has 1 aliphatic heterocycles. The maximum Gasteiger partial charge on any atom is 0.414 e. The maximum atomic E-state index is 13.4. The molecule has 1 saturated heterocycles. The van der Waals surface area contributed by atoms with Crippen molar-refractivity contribution in [3.05, 3.63) is 27.9 Å². The second-order valence-corrected chi connectivity index (χ2v) is 7.57. The molecule has 2 aliphatic rings. The first-order valence-electron chi connectivity index (χ1n) is 12.2. The molecule has 3 rings (SSSR count).